The molecule has 0 radical (unpaired) electrons. The highest BCUT2D eigenvalue weighted by molar-refractivity contribution is 7.90. The lowest BCUT2D eigenvalue weighted by molar-refractivity contribution is 0.400. The average Bonchev–Trinajstić information content (AvgIpc) is 3.79. The Labute approximate surface area is 234 Å². The Kier molecular flexibility index (Phi) is 8.18. The van der Waals surface area contributed by atoms with E-state index in [2.05, 4.69) is 12.1 Å². The van der Waals surface area contributed by atoms with E-state index in [4.69, 9.17) is 9.68 Å². The molecule has 204 valence electrons. The maximum absolute atomic E-state index is 13.2. The van der Waals surface area contributed by atoms with Crippen LogP contribution >= 0.6 is 0 Å². The van der Waals surface area contributed by atoms with Crippen LogP contribution in [0.3, 0.4) is 0 Å². The molecule has 40 heavy (non-hydrogen) atoms. The van der Waals surface area contributed by atoms with Gasteiger partial charge in [-0.15, -0.1) is 0 Å². The predicted octanol–water partition coefficient (Wildman–Crippen LogP) is 6.30. The Morgan fingerprint density at radius 3 is 2.27 bits per heavy atom. The molecule has 4 aromatic rings. The molecule has 0 spiro atoms. The molecule has 3 aromatic carbocycles. The van der Waals surface area contributed by atoms with Crippen LogP contribution in [0.2, 0.25) is 0 Å². The van der Waals surface area contributed by atoms with Crippen LogP contribution in [-0.2, 0) is 28.4 Å². The second-order valence-corrected chi connectivity index (χ2v) is 12.4. The molecule has 1 saturated carbocycles. The number of benzene rings is 3. The molecule has 0 aliphatic heterocycles. The van der Waals surface area contributed by atoms with Gasteiger partial charge in [-0.05, 0) is 79.0 Å². The van der Waals surface area contributed by atoms with E-state index in [1.165, 1.54) is 29.8 Å². The molecule has 6 nitrogen and oxygen atoms in total. The molecule has 1 heterocycles. The molecule has 1 atom stereocenters. The minimum Gasteiger partial charge on any atom is -0.507 e. The van der Waals surface area contributed by atoms with E-state index in [1.54, 1.807) is 24.3 Å². The summed E-state index contributed by atoms with van der Waals surface area (Å²) in [7, 11) is -3.64. The van der Waals surface area contributed by atoms with Crippen LogP contribution in [0.5, 0.6) is 5.75 Å². The largest absolute Gasteiger partial charge is 0.507 e. The maximum atomic E-state index is 13.2. The fraction of sp³-hybridized carbons (Fsp3) is 0.273. The minimum atomic E-state index is -3.64. The summed E-state index contributed by atoms with van der Waals surface area (Å²) in [6, 6.07) is 26.8. The predicted molar refractivity (Wildman–Crippen MR) is 153 cm³/mol. The number of rotatable bonds is 11. The van der Waals surface area contributed by atoms with Crippen LogP contribution < -0.4 is 5.63 Å². The lowest BCUT2D eigenvalue weighted by atomic mass is 9.86. The van der Waals surface area contributed by atoms with Crippen molar-refractivity contribution in [2.24, 2.45) is 5.92 Å². The zero-order valence-electron chi connectivity index (χ0n) is 22.1. The van der Waals surface area contributed by atoms with E-state index in [-0.39, 0.29) is 33.8 Å². The minimum absolute atomic E-state index is 0.0678. The summed E-state index contributed by atoms with van der Waals surface area (Å²) < 4.78 is 31.8. The number of aromatic hydroxyl groups is 1. The summed E-state index contributed by atoms with van der Waals surface area (Å²) in [4.78, 5) is 13.3. The third-order valence-corrected chi connectivity index (χ3v) is 9.12. The summed E-state index contributed by atoms with van der Waals surface area (Å²) >= 11 is 0. The topological polar surface area (TPSA) is 108 Å². The van der Waals surface area contributed by atoms with Crippen LogP contribution in [0, 0.1) is 17.2 Å². The monoisotopic (exact) mass is 553 g/mol. The first kappa shape index (κ1) is 27.4. The molecule has 0 saturated heterocycles. The van der Waals surface area contributed by atoms with Crippen molar-refractivity contribution in [3.05, 3.63) is 129 Å². The van der Waals surface area contributed by atoms with Crippen molar-refractivity contribution in [2.45, 2.75) is 55.1 Å². The molecular formula is C33H31NO5S. The average molecular weight is 554 g/mol. The standard InChI is InChI=1S/C33H31NO5S/c34-21-24-13-17-29(18-14-24)40(37,38)22-25-10-6-11-27(19-25)31(26-15-16-26)32-30(35)20-28(39-33(32)36)12-5-4-9-23-7-2-1-3-8-23/h1-3,6-8,10-11,13-14,17-20,26,31,35H,4-5,9,12,15-16,22H2. The Bertz CT molecular complexity index is 1680. The van der Waals surface area contributed by atoms with Gasteiger partial charge in [0.05, 0.1) is 27.8 Å². The van der Waals surface area contributed by atoms with E-state index < -0.39 is 15.5 Å². The highest BCUT2D eigenvalue weighted by Crippen LogP contribution is 2.47. The Morgan fingerprint density at radius 1 is 0.900 bits per heavy atom. The molecule has 1 unspecified atom stereocenters. The van der Waals surface area contributed by atoms with Gasteiger partial charge < -0.3 is 9.52 Å². The highest BCUT2D eigenvalue weighted by atomic mass is 32.2. The number of nitrogens with zero attached hydrogens (tertiary/aromatic N) is 1. The number of unbranched alkanes of at least 4 members (excludes halogenated alkanes) is 1. The molecule has 1 aliphatic rings. The summed E-state index contributed by atoms with van der Waals surface area (Å²) in [6.45, 7) is 0. The van der Waals surface area contributed by atoms with E-state index in [0.717, 1.165) is 37.7 Å². The smallest absolute Gasteiger partial charge is 0.343 e. The van der Waals surface area contributed by atoms with E-state index in [1.807, 2.05) is 30.3 Å². The fourth-order valence-electron chi connectivity index (χ4n) is 5.24. The first-order valence-electron chi connectivity index (χ1n) is 13.6. The first-order chi connectivity index (χ1) is 19.3. The van der Waals surface area contributed by atoms with Gasteiger partial charge in [-0.2, -0.15) is 5.26 Å². The van der Waals surface area contributed by atoms with Crippen LogP contribution in [0.25, 0.3) is 0 Å². The van der Waals surface area contributed by atoms with E-state index in [0.29, 0.717) is 23.3 Å². The molecular weight excluding hydrogens is 522 g/mol. The number of hydrogen-bond acceptors (Lipinski definition) is 6. The number of hydrogen-bond donors (Lipinski definition) is 1. The SMILES string of the molecule is N#Cc1ccc(S(=O)(=O)Cc2cccc(C(c3c(O)cc(CCCCc4ccccc4)oc3=O)C3CC3)c2)cc1. The van der Waals surface area contributed by atoms with Gasteiger partial charge in [-0.3, -0.25) is 0 Å². The summed E-state index contributed by atoms with van der Waals surface area (Å²) in [6.07, 6.45) is 5.11. The second-order valence-electron chi connectivity index (χ2n) is 10.4. The summed E-state index contributed by atoms with van der Waals surface area (Å²) in [5.41, 5.74) is 2.74. The lowest BCUT2D eigenvalue weighted by Gasteiger charge is -2.19. The molecule has 1 N–H and O–H groups in total. The number of aryl methyl sites for hydroxylation is 2. The highest BCUT2D eigenvalue weighted by Gasteiger charge is 2.37. The van der Waals surface area contributed by atoms with Gasteiger partial charge in [-0.1, -0.05) is 54.6 Å². The van der Waals surface area contributed by atoms with Crippen molar-refractivity contribution < 1.29 is 17.9 Å². The number of sulfone groups is 1. The zero-order chi connectivity index (χ0) is 28.1. The normalized spacial score (nSPS) is 14.0. The van der Waals surface area contributed by atoms with E-state index in [9.17, 15) is 18.3 Å². The molecule has 1 fully saturated rings. The third kappa shape index (κ3) is 6.52. The summed E-state index contributed by atoms with van der Waals surface area (Å²) in [5.74, 6) is -0.0121. The quantitative estimate of drug-likeness (QED) is 0.218. The van der Waals surface area contributed by atoms with Crippen LogP contribution in [0.4, 0.5) is 0 Å². The fourth-order valence-corrected chi connectivity index (χ4v) is 6.58. The molecule has 1 aliphatic carbocycles. The number of nitriles is 1. The summed E-state index contributed by atoms with van der Waals surface area (Å²) in [5, 5.41) is 20.0. The van der Waals surface area contributed by atoms with Crippen LogP contribution in [-0.4, -0.2) is 13.5 Å². The van der Waals surface area contributed by atoms with Gasteiger partial charge in [0.2, 0.25) is 0 Å². The van der Waals surface area contributed by atoms with Gasteiger partial charge in [-0.25, -0.2) is 13.2 Å². The van der Waals surface area contributed by atoms with Crippen molar-refractivity contribution in [1.29, 1.82) is 5.26 Å². The van der Waals surface area contributed by atoms with Crippen molar-refractivity contribution in [3.63, 3.8) is 0 Å². The lowest BCUT2D eigenvalue weighted by Crippen LogP contribution is -2.17. The van der Waals surface area contributed by atoms with Crippen LogP contribution in [0.15, 0.2) is 99.0 Å². The Balaban J connectivity index is 1.33. The molecule has 7 heteroatoms. The van der Waals surface area contributed by atoms with Gasteiger partial charge in [0.25, 0.3) is 0 Å². The van der Waals surface area contributed by atoms with Crippen molar-refractivity contribution in [2.75, 3.05) is 0 Å². The van der Waals surface area contributed by atoms with Crippen molar-refractivity contribution in [3.8, 4) is 11.8 Å². The first-order valence-corrected chi connectivity index (χ1v) is 15.2. The van der Waals surface area contributed by atoms with Crippen LogP contribution in [0.1, 0.15) is 65.2 Å². The molecule has 0 amide bonds. The maximum Gasteiger partial charge on any atom is 0.343 e. The van der Waals surface area contributed by atoms with Crippen molar-refractivity contribution in [1.82, 2.24) is 0 Å². The second kappa shape index (κ2) is 11.9. The van der Waals surface area contributed by atoms with E-state index >= 15 is 0 Å². The Morgan fingerprint density at radius 2 is 1.60 bits per heavy atom. The molecule has 5 rings (SSSR count). The van der Waals surface area contributed by atoms with Gasteiger partial charge in [0, 0.05) is 18.4 Å². The van der Waals surface area contributed by atoms with Crippen molar-refractivity contribution >= 4 is 9.84 Å². The Hall–Kier alpha value is -4.15. The molecule has 0 bridgehead atoms. The molecule has 1 aromatic heterocycles. The van der Waals surface area contributed by atoms with Gasteiger partial charge >= 0.3 is 5.63 Å². The van der Waals surface area contributed by atoms with Gasteiger partial charge in [0.15, 0.2) is 9.84 Å². The zero-order valence-corrected chi connectivity index (χ0v) is 22.9. The third-order valence-electron chi connectivity index (χ3n) is 7.41. The van der Waals surface area contributed by atoms with Gasteiger partial charge in [0.1, 0.15) is 11.5 Å².